The number of nitrogens with zero attached hydrogens (tertiary/aromatic N) is 5. The van der Waals surface area contributed by atoms with Gasteiger partial charge in [0.25, 0.3) is 0 Å². The van der Waals surface area contributed by atoms with E-state index in [0.29, 0.717) is 0 Å². The molecule has 0 bridgehead atoms. The molecule has 2 aliphatic rings. The Labute approximate surface area is 133 Å². The van der Waals surface area contributed by atoms with E-state index < -0.39 is 0 Å². The summed E-state index contributed by atoms with van der Waals surface area (Å²) < 4.78 is 5.72. The van der Waals surface area contributed by atoms with Crippen molar-refractivity contribution in [1.29, 1.82) is 0 Å². The zero-order valence-electron chi connectivity index (χ0n) is 12.4. The number of anilines is 2. The number of rotatable bonds is 3. The van der Waals surface area contributed by atoms with Crippen LogP contribution in [0.3, 0.4) is 0 Å². The molecule has 22 heavy (non-hydrogen) atoms. The molecule has 0 aromatic carbocycles. The highest BCUT2D eigenvalue weighted by atomic mass is 32.1. The number of aromatic nitrogens is 3. The lowest BCUT2D eigenvalue weighted by Gasteiger charge is -2.34. The molecular formula is C15H19N5OS. The van der Waals surface area contributed by atoms with E-state index in [4.69, 9.17) is 9.72 Å². The van der Waals surface area contributed by atoms with Crippen LogP contribution in [0.25, 0.3) is 0 Å². The number of piperazine rings is 1. The van der Waals surface area contributed by atoms with Crippen LogP contribution < -0.4 is 9.80 Å². The Morgan fingerprint density at radius 2 is 1.86 bits per heavy atom. The van der Waals surface area contributed by atoms with Gasteiger partial charge in [-0.05, 0) is 18.9 Å². The average Bonchev–Trinajstić information content (AvgIpc) is 3.27. The predicted molar refractivity (Wildman–Crippen MR) is 86.5 cm³/mol. The van der Waals surface area contributed by atoms with Crippen LogP contribution in [0.5, 0.6) is 0 Å². The molecule has 0 N–H and O–H groups in total. The molecular weight excluding hydrogens is 298 g/mol. The largest absolute Gasteiger partial charge is 0.372 e. The van der Waals surface area contributed by atoms with Crippen molar-refractivity contribution < 1.29 is 4.74 Å². The summed E-state index contributed by atoms with van der Waals surface area (Å²) in [6.07, 6.45) is 6.05. The Hall–Kier alpha value is -1.73. The van der Waals surface area contributed by atoms with Crippen molar-refractivity contribution in [2.24, 2.45) is 0 Å². The number of hydrogen-bond acceptors (Lipinski definition) is 7. The van der Waals surface area contributed by atoms with E-state index in [2.05, 4.69) is 25.1 Å². The normalized spacial score (nSPS) is 22.3. The van der Waals surface area contributed by atoms with Crippen molar-refractivity contribution in [2.75, 3.05) is 42.6 Å². The minimum absolute atomic E-state index is 0.212. The van der Waals surface area contributed by atoms with Gasteiger partial charge in [-0.2, -0.15) is 0 Å². The maximum Gasteiger partial charge on any atom is 0.225 e. The quantitative estimate of drug-likeness (QED) is 0.864. The van der Waals surface area contributed by atoms with Gasteiger partial charge in [-0.15, -0.1) is 11.3 Å². The van der Waals surface area contributed by atoms with Gasteiger partial charge in [0.05, 0.1) is 5.69 Å². The first-order valence-electron chi connectivity index (χ1n) is 7.74. The molecule has 0 saturated carbocycles. The summed E-state index contributed by atoms with van der Waals surface area (Å²) >= 11 is 1.73. The van der Waals surface area contributed by atoms with Gasteiger partial charge >= 0.3 is 0 Å². The van der Waals surface area contributed by atoms with Crippen LogP contribution in [0.15, 0.2) is 23.8 Å². The molecule has 2 aromatic rings. The van der Waals surface area contributed by atoms with Crippen molar-refractivity contribution >= 4 is 22.4 Å². The highest BCUT2D eigenvalue weighted by molar-refractivity contribution is 7.13. The lowest BCUT2D eigenvalue weighted by atomic mass is 10.2. The summed E-state index contributed by atoms with van der Waals surface area (Å²) in [5.41, 5.74) is 1.10. The van der Waals surface area contributed by atoms with E-state index in [1.165, 1.54) is 0 Å². The zero-order chi connectivity index (χ0) is 14.8. The van der Waals surface area contributed by atoms with Crippen molar-refractivity contribution in [3.8, 4) is 0 Å². The van der Waals surface area contributed by atoms with Gasteiger partial charge in [-0.3, -0.25) is 0 Å². The fourth-order valence-corrected chi connectivity index (χ4v) is 3.85. The van der Waals surface area contributed by atoms with Gasteiger partial charge in [0.1, 0.15) is 6.10 Å². The molecule has 2 aliphatic heterocycles. The third-order valence-corrected chi connectivity index (χ3v) is 5.07. The summed E-state index contributed by atoms with van der Waals surface area (Å²) in [6.45, 7) is 4.64. The van der Waals surface area contributed by atoms with E-state index in [0.717, 1.165) is 62.4 Å². The molecule has 0 spiro atoms. The van der Waals surface area contributed by atoms with E-state index in [1.807, 2.05) is 6.07 Å². The first-order chi connectivity index (χ1) is 10.9. The van der Waals surface area contributed by atoms with Crippen LogP contribution in [0, 0.1) is 0 Å². The maximum atomic E-state index is 5.72. The minimum atomic E-state index is 0.212. The van der Waals surface area contributed by atoms with Crippen LogP contribution in [0.1, 0.15) is 24.6 Å². The highest BCUT2D eigenvalue weighted by Gasteiger charge is 2.24. The van der Waals surface area contributed by atoms with Crippen molar-refractivity contribution in [2.45, 2.75) is 18.9 Å². The molecule has 4 rings (SSSR count). The molecule has 2 aromatic heterocycles. The smallest absolute Gasteiger partial charge is 0.225 e. The van der Waals surface area contributed by atoms with Crippen molar-refractivity contribution in [3.63, 3.8) is 0 Å². The minimum Gasteiger partial charge on any atom is -0.372 e. The Kier molecular flexibility index (Phi) is 3.90. The maximum absolute atomic E-state index is 5.72. The van der Waals surface area contributed by atoms with Gasteiger partial charge in [-0.25, -0.2) is 15.0 Å². The van der Waals surface area contributed by atoms with Crippen LogP contribution in [-0.4, -0.2) is 47.7 Å². The fraction of sp³-hybridized carbons (Fsp3) is 0.533. The second kappa shape index (κ2) is 6.18. The summed E-state index contributed by atoms with van der Waals surface area (Å²) in [4.78, 5) is 18.0. The van der Waals surface area contributed by atoms with Crippen molar-refractivity contribution in [3.05, 3.63) is 29.5 Å². The van der Waals surface area contributed by atoms with Gasteiger partial charge in [0, 0.05) is 50.6 Å². The number of ether oxygens (including phenoxy) is 1. The average molecular weight is 317 g/mol. The molecule has 2 fully saturated rings. The van der Waals surface area contributed by atoms with E-state index in [9.17, 15) is 0 Å². The van der Waals surface area contributed by atoms with Crippen LogP contribution in [-0.2, 0) is 4.74 Å². The molecule has 4 heterocycles. The predicted octanol–water partition coefficient (Wildman–Crippen LogP) is 2.11. The van der Waals surface area contributed by atoms with Crippen LogP contribution in [0.4, 0.5) is 11.1 Å². The number of thiazole rings is 1. The van der Waals surface area contributed by atoms with Gasteiger partial charge in [0.15, 0.2) is 5.13 Å². The lowest BCUT2D eigenvalue weighted by molar-refractivity contribution is 0.109. The molecule has 0 amide bonds. The molecule has 0 radical (unpaired) electrons. The first kappa shape index (κ1) is 13.9. The lowest BCUT2D eigenvalue weighted by Crippen LogP contribution is -2.47. The van der Waals surface area contributed by atoms with Gasteiger partial charge in [0.2, 0.25) is 5.95 Å². The third kappa shape index (κ3) is 2.78. The van der Waals surface area contributed by atoms with Crippen molar-refractivity contribution in [1.82, 2.24) is 15.0 Å². The van der Waals surface area contributed by atoms with E-state index in [1.54, 1.807) is 23.7 Å². The SMILES string of the molecule is c1cnc(N2CCN(c3nc(C4CCCO4)cs3)CC2)nc1. The van der Waals surface area contributed by atoms with Gasteiger partial charge in [-0.1, -0.05) is 0 Å². The highest BCUT2D eigenvalue weighted by Crippen LogP contribution is 2.32. The second-order valence-corrected chi connectivity index (χ2v) is 6.42. The fourth-order valence-electron chi connectivity index (χ4n) is 2.93. The first-order valence-corrected chi connectivity index (χ1v) is 8.62. The molecule has 6 nitrogen and oxygen atoms in total. The Morgan fingerprint density at radius 1 is 1.09 bits per heavy atom. The Morgan fingerprint density at radius 3 is 2.59 bits per heavy atom. The molecule has 7 heteroatoms. The molecule has 1 atom stereocenters. The second-order valence-electron chi connectivity index (χ2n) is 5.58. The molecule has 1 unspecified atom stereocenters. The van der Waals surface area contributed by atoms with E-state index >= 15 is 0 Å². The summed E-state index contributed by atoms with van der Waals surface area (Å²) in [6, 6.07) is 1.85. The Bertz CT molecular complexity index is 605. The molecule has 116 valence electrons. The standard InChI is InChI=1S/C15H19N5OS/c1-3-13(21-10-1)12-11-22-15(18-12)20-8-6-19(7-9-20)14-16-4-2-5-17-14/h2,4-5,11,13H,1,3,6-10H2. The summed E-state index contributed by atoms with van der Waals surface area (Å²) in [7, 11) is 0. The Balaban J connectivity index is 1.39. The monoisotopic (exact) mass is 317 g/mol. The van der Waals surface area contributed by atoms with Gasteiger partial charge < -0.3 is 14.5 Å². The summed E-state index contributed by atoms with van der Waals surface area (Å²) in [5, 5.41) is 3.26. The topological polar surface area (TPSA) is 54.4 Å². The van der Waals surface area contributed by atoms with E-state index in [-0.39, 0.29) is 6.10 Å². The van der Waals surface area contributed by atoms with Crippen LogP contribution >= 0.6 is 11.3 Å². The zero-order valence-corrected chi connectivity index (χ0v) is 13.2. The molecule has 0 aliphatic carbocycles. The molecule has 2 saturated heterocycles. The third-order valence-electron chi connectivity index (χ3n) is 4.15. The van der Waals surface area contributed by atoms with Crippen LogP contribution in [0.2, 0.25) is 0 Å². The summed E-state index contributed by atoms with van der Waals surface area (Å²) in [5.74, 6) is 0.821. The number of hydrogen-bond donors (Lipinski definition) is 0.